The van der Waals surface area contributed by atoms with Crippen LogP contribution in [0.15, 0.2) is 0 Å². The summed E-state index contributed by atoms with van der Waals surface area (Å²) in [7, 11) is 0. The molecule has 2 unspecified atom stereocenters. The molecule has 0 radical (unpaired) electrons. The molecule has 0 N–H and O–H groups in total. The van der Waals surface area contributed by atoms with Crippen molar-refractivity contribution in [3.63, 3.8) is 0 Å². The van der Waals surface area contributed by atoms with E-state index >= 15 is 0 Å². The molecule has 0 amide bonds. The lowest BCUT2D eigenvalue weighted by molar-refractivity contribution is -0.0993. The predicted molar refractivity (Wildman–Crippen MR) is 53.8 cm³/mol. The molecule has 13 heavy (non-hydrogen) atoms. The Morgan fingerprint density at radius 2 is 1.85 bits per heavy atom. The van der Waals surface area contributed by atoms with Crippen LogP contribution in [-0.4, -0.2) is 25.4 Å². The van der Waals surface area contributed by atoms with E-state index in [4.69, 9.17) is 9.47 Å². The zero-order valence-corrected chi connectivity index (χ0v) is 9.25. The van der Waals surface area contributed by atoms with E-state index in [-0.39, 0.29) is 0 Å². The smallest absolute Gasteiger partial charge is 0.0815 e. The fourth-order valence-corrected chi connectivity index (χ4v) is 1.77. The molecule has 1 aliphatic rings. The van der Waals surface area contributed by atoms with E-state index in [0.717, 1.165) is 19.6 Å². The molecule has 1 aliphatic heterocycles. The lowest BCUT2D eigenvalue weighted by Gasteiger charge is -2.32. The summed E-state index contributed by atoms with van der Waals surface area (Å²) in [4.78, 5) is 0. The van der Waals surface area contributed by atoms with Crippen molar-refractivity contribution in [2.75, 3.05) is 13.2 Å². The van der Waals surface area contributed by atoms with Gasteiger partial charge in [-0.3, -0.25) is 0 Å². The van der Waals surface area contributed by atoms with Crippen LogP contribution in [0.1, 0.15) is 34.1 Å². The van der Waals surface area contributed by atoms with Crippen molar-refractivity contribution in [2.24, 2.45) is 11.8 Å². The predicted octanol–water partition coefficient (Wildman–Crippen LogP) is 2.47. The van der Waals surface area contributed by atoms with Crippen molar-refractivity contribution < 1.29 is 9.47 Å². The Kier molecular flexibility index (Phi) is 4.20. The molecule has 1 fully saturated rings. The first-order valence-electron chi connectivity index (χ1n) is 5.32. The Bertz CT molecular complexity index is 143. The molecule has 78 valence electrons. The fourth-order valence-electron chi connectivity index (χ4n) is 1.77. The van der Waals surface area contributed by atoms with E-state index < -0.39 is 0 Å². The summed E-state index contributed by atoms with van der Waals surface area (Å²) < 4.78 is 11.3. The molecule has 0 spiro atoms. The lowest BCUT2D eigenvalue weighted by atomic mass is 9.89. The van der Waals surface area contributed by atoms with Crippen LogP contribution in [0.2, 0.25) is 0 Å². The average molecular weight is 186 g/mol. The molecule has 0 bridgehead atoms. The standard InChI is InChI=1S/C11H22O2/c1-8(2)10-5-11(7-12-6-10)13-9(3)4/h8-11H,5-7H2,1-4H3. The maximum absolute atomic E-state index is 5.75. The van der Waals surface area contributed by atoms with Crippen LogP contribution in [0, 0.1) is 11.8 Å². The van der Waals surface area contributed by atoms with Gasteiger partial charge in [0.15, 0.2) is 0 Å². The molecule has 0 saturated carbocycles. The van der Waals surface area contributed by atoms with Crippen molar-refractivity contribution in [3.05, 3.63) is 0 Å². The van der Waals surface area contributed by atoms with Crippen LogP contribution >= 0.6 is 0 Å². The van der Waals surface area contributed by atoms with Crippen molar-refractivity contribution in [1.82, 2.24) is 0 Å². The molecular formula is C11H22O2. The molecule has 1 rings (SSSR count). The van der Waals surface area contributed by atoms with Gasteiger partial charge in [-0.2, -0.15) is 0 Å². The van der Waals surface area contributed by atoms with Gasteiger partial charge in [0.05, 0.1) is 18.8 Å². The monoisotopic (exact) mass is 186 g/mol. The molecule has 2 atom stereocenters. The van der Waals surface area contributed by atoms with Gasteiger partial charge in [-0.15, -0.1) is 0 Å². The second-order valence-electron chi connectivity index (χ2n) is 4.58. The van der Waals surface area contributed by atoms with Gasteiger partial charge in [0.2, 0.25) is 0 Å². The molecule has 2 heteroatoms. The van der Waals surface area contributed by atoms with Gasteiger partial charge in [0, 0.05) is 6.61 Å². The third-order valence-corrected chi connectivity index (χ3v) is 2.61. The van der Waals surface area contributed by atoms with Crippen LogP contribution in [0.3, 0.4) is 0 Å². The van der Waals surface area contributed by atoms with Crippen LogP contribution in [0.25, 0.3) is 0 Å². The Hall–Kier alpha value is -0.0800. The van der Waals surface area contributed by atoms with Crippen LogP contribution in [0.5, 0.6) is 0 Å². The number of hydrogen-bond donors (Lipinski definition) is 0. The first kappa shape index (κ1) is 11.0. The van der Waals surface area contributed by atoms with Gasteiger partial charge in [0.25, 0.3) is 0 Å². The molecule has 0 aromatic rings. The van der Waals surface area contributed by atoms with Gasteiger partial charge in [0.1, 0.15) is 0 Å². The minimum Gasteiger partial charge on any atom is -0.378 e. The summed E-state index contributed by atoms with van der Waals surface area (Å²) in [5.41, 5.74) is 0. The number of ether oxygens (including phenoxy) is 2. The minimum atomic E-state index is 0.319. The Balaban J connectivity index is 2.33. The molecule has 1 saturated heterocycles. The van der Waals surface area contributed by atoms with Crippen LogP contribution in [-0.2, 0) is 9.47 Å². The Morgan fingerprint density at radius 1 is 1.15 bits per heavy atom. The van der Waals surface area contributed by atoms with Gasteiger partial charge >= 0.3 is 0 Å². The molecule has 0 aliphatic carbocycles. The maximum Gasteiger partial charge on any atom is 0.0815 e. The normalized spacial score (nSPS) is 30.0. The number of rotatable bonds is 3. The van der Waals surface area contributed by atoms with Gasteiger partial charge in [-0.05, 0) is 32.1 Å². The SMILES string of the molecule is CC(C)OC1COCC(C(C)C)C1. The van der Waals surface area contributed by atoms with Gasteiger partial charge in [-0.25, -0.2) is 0 Å². The van der Waals surface area contributed by atoms with Gasteiger partial charge < -0.3 is 9.47 Å². The molecule has 1 heterocycles. The second kappa shape index (κ2) is 4.97. The highest BCUT2D eigenvalue weighted by atomic mass is 16.5. The van der Waals surface area contributed by atoms with E-state index in [1.807, 2.05) is 0 Å². The van der Waals surface area contributed by atoms with E-state index in [9.17, 15) is 0 Å². The second-order valence-corrected chi connectivity index (χ2v) is 4.58. The third-order valence-electron chi connectivity index (χ3n) is 2.61. The zero-order chi connectivity index (χ0) is 9.84. The van der Waals surface area contributed by atoms with E-state index in [1.165, 1.54) is 0 Å². The highest BCUT2D eigenvalue weighted by Crippen LogP contribution is 2.24. The zero-order valence-electron chi connectivity index (χ0n) is 9.25. The first-order chi connectivity index (χ1) is 6.09. The quantitative estimate of drug-likeness (QED) is 0.674. The van der Waals surface area contributed by atoms with Crippen LogP contribution < -0.4 is 0 Å². The third kappa shape index (κ3) is 3.65. The summed E-state index contributed by atoms with van der Waals surface area (Å²) >= 11 is 0. The number of hydrogen-bond acceptors (Lipinski definition) is 2. The summed E-state index contributed by atoms with van der Waals surface area (Å²) in [6, 6.07) is 0. The molecule has 0 aromatic carbocycles. The average Bonchev–Trinajstić information content (AvgIpc) is 2.03. The van der Waals surface area contributed by atoms with Crippen molar-refractivity contribution in [1.29, 1.82) is 0 Å². The molecular weight excluding hydrogens is 164 g/mol. The summed E-state index contributed by atoms with van der Waals surface area (Å²) in [5, 5.41) is 0. The topological polar surface area (TPSA) is 18.5 Å². The van der Waals surface area contributed by atoms with E-state index in [1.54, 1.807) is 0 Å². The maximum atomic E-state index is 5.75. The highest BCUT2D eigenvalue weighted by Gasteiger charge is 2.25. The fraction of sp³-hybridized carbons (Fsp3) is 1.00. The molecule has 0 aromatic heterocycles. The van der Waals surface area contributed by atoms with E-state index in [2.05, 4.69) is 27.7 Å². The van der Waals surface area contributed by atoms with Crippen molar-refractivity contribution in [2.45, 2.75) is 46.3 Å². The summed E-state index contributed by atoms with van der Waals surface area (Å²) in [6.07, 6.45) is 1.80. The summed E-state index contributed by atoms with van der Waals surface area (Å²) in [6.45, 7) is 10.4. The Labute approximate surface area is 81.6 Å². The largest absolute Gasteiger partial charge is 0.378 e. The van der Waals surface area contributed by atoms with E-state index in [0.29, 0.717) is 24.0 Å². The van der Waals surface area contributed by atoms with Crippen molar-refractivity contribution >= 4 is 0 Å². The molecule has 2 nitrogen and oxygen atoms in total. The van der Waals surface area contributed by atoms with Gasteiger partial charge in [-0.1, -0.05) is 13.8 Å². The minimum absolute atomic E-state index is 0.319. The van der Waals surface area contributed by atoms with Crippen molar-refractivity contribution in [3.8, 4) is 0 Å². The highest BCUT2D eigenvalue weighted by molar-refractivity contribution is 4.73. The Morgan fingerprint density at radius 3 is 2.38 bits per heavy atom. The summed E-state index contributed by atoms with van der Waals surface area (Å²) in [5.74, 6) is 1.39. The van der Waals surface area contributed by atoms with Crippen LogP contribution in [0.4, 0.5) is 0 Å². The lowest BCUT2D eigenvalue weighted by Crippen LogP contribution is -2.35. The first-order valence-corrected chi connectivity index (χ1v) is 5.32.